The van der Waals surface area contributed by atoms with Gasteiger partial charge in [-0.15, -0.1) is 0 Å². The number of hydrogen-bond acceptors (Lipinski definition) is 7. The van der Waals surface area contributed by atoms with Crippen LogP contribution in [-0.2, 0) is 4.79 Å². The van der Waals surface area contributed by atoms with Crippen LogP contribution in [0.5, 0.6) is 17.2 Å². The summed E-state index contributed by atoms with van der Waals surface area (Å²) in [6.07, 6.45) is 1.34. The summed E-state index contributed by atoms with van der Waals surface area (Å²) in [6, 6.07) is 8.98. The molecule has 1 amide bonds. The van der Waals surface area contributed by atoms with E-state index < -0.39 is 17.4 Å². The molecule has 0 atom stereocenters. The molecule has 1 N–H and O–H groups in total. The number of hydrogen-bond donors (Lipinski definition) is 1. The van der Waals surface area contributed by atoms with Crippen molar-refractivity contribution in [3.05, 3.63) is 57.1 Å². The van der Waals surface area contributed by atoms with E-state index in [0.29, 0.717) is 22.1 Å². The fourth-order valence-electron chi connectivity index (χ4n) is 2.11. The smallest absolute Gasteiger partial charge is 0.310 e. The quantitative estimate of drug-likeness (QED) is 0.470. The van der Waals surface area contributed by atoms with E-state index in [0.717, 1.165) is 0 Å². The van der Waals surface area contributed by atoms with Gasteiger partial charge >= 0.3 is 5.69 Å². The molecule has 10 heteroatoms. The van der Waals surface area contributed by atoms with Crippen LogP contribution in [0.3, 0.4) is 0 Å². The zero-order valence-electron chi connectivity index (χ0n) is 13.2. The molecule has 0 aliphatic carbocycles. The largest absolute Gasteiger partial charge is 0.477 e. The number of carbonyl (C=O) groups is 1. The van der Waals surface area contributed by atoms with Crippen molar-refractivity contribution in [3.63, 3.8) is 0 Å². The Bertz CT molecular complexity index is 886. The van der Waals surface area contributed by atoms with Gasteiger partial charge < -0.3 is 14.2 Å². The lowest BCUT2D eigenvalue weighted by Gasteiger charge is -2.05. The fourth-order valence-corrected chi connectivity index (χ4v) is 2.31. The summed E-state index contributed by atoms with van der Waals surface area (Å²) in [5.74, 6) is 0.475. The van der Waals surface area contributed by atoms with Gasteiger partial charge in [-0.05, 0) is 12.1 Å². The van der Waals surface area contributed by atoms with Crippen molar-refractivity contribution in [1.29, 1.82) is 0 Å². The van der Waals surface area contributed by atoms with E-state index in [1.54, 1.807) is 18.2 Å². The van der Waals surface area contributed by atoms with Crippen LogP contribution in [0.25, 0.3) is 0 Å². The zero-order valence-corrected chi connectivity index (χ0v) is 13.9. The van der Waals surface area contributed by atoms with Gasteiger partial charge in [0, 0.05) is 17.7 Å². The van der Waals surface area contributed by atoms with Gasteiger partial charge in [-0.3, -0.25) is 14.9 Å². The van der Waals surface area contributed by atoms with Crippen molar-refractivity contribution in [1.82, 2.24) is 5.43 Å². The maximum atomic E-state index is 11.8. The molecule has 2 aromatic rings. The number of fused-ring (bicyclic) bond motifs is 1. The molecule has 0 bridgehead atoms. The van der Waals surface area contributed by atoms with E-state index in [1.165, 1.54) is 24.4 Å². The molecular formula is C16H12ClN3O6. The Morgan fingerprint density at radius 2 is 2.08 bits per heavy atom. The van der Waals surface area contributed by atoms with Crippen LogP contribution in [0.1, 0.15) is 5.56 Å². The topological polar surface area (TPSA) is 112 Å². The number of halogens is 1. The summed E-state index contributed by atoms with van der Waals surface area (Å²) in [6.45, 7) is -0.316. The van der Waals surface area contributed by atoms with Gasteiger partial charge in [0.05, 0.1) is 16.2 Å². The Morgan fingerprint density at radius 3 is 2.85 bits per heavy atom. The van der Waals surface area contributed by atoms with Gasteiger partial charge in [0.25, 0.3) is 5.91 Å². The highest BCUT2D eigenvalue weighted by Crippen LogP contribution is 2.36. The Balaban J connectivity index is 1.56. The van der Waals surface area contributed by atoms with Crippen molar-refractivity contribution in [3.8, 4) is 17.2 Å². The van der Waals surface area contributed by atoms with Gasteiger partial charge in [-0.25, -0.2) is 5.43 Å². The second-order valence-corrected chi connectivity index (χ2v) is 5.44. The standard InChI is InChI=1S/C16H12ClN3O6/c17-11-6-15-14(25-9-26-15)5-10(11)7-18-19-16(21)8-24-13-4-2-1-3-12(13)20(22)23/h1-7H,8-9H2,(H,19,21). The number of benzene rings is 2. The van der Waals surface area contributed by atoms with Gasteiger partial charge in [0.2, 0.25) is 6.79 Å². The number of hydrazone groups is 1. The molecule has 0 fully saturated rings. The molecule has 0 saturated carbocycles. The molecule has 0 unspecified atom stereocenters. The van der Waals surface area contributed by atoms with E-state index in [2.05, 4.69) is 10.5 Å². The summed E-state index contributed by atoms with van der Waals surface area (Å²) in [4.78, 5) is 22.1. The second-order valence-electron chi connectivity index (χ2n) is 5.03. The molecule has 0 saturated heterocycles. The third-order valence-electron chi connectivity index (χ3n) is 3.31. The molecule has 134 valence electrons. The number of rotatable bonds is 6. The van der Waals surface area contributed by atoms with Crippen molar-refractivity contribution < 1.29 is 23.9 Å². The Kier molecular flexibility index (Phi) is 5.18. The highest BCUT2D eigenvalue weighted by Gasteiger charge is 2.16. The predicted molar refractivity (Wildman–Crippen MR) is 91.9 cm³/mol. The Hall–Kier alpha value is -3.33. The monoisotopic (exact) mass is 377 g/mol. The zero-order chi connectivity index (χ0) is 18.5. The normalized spacial score (nSPS) is 12.2. The van der Waals surface area contributed by atoms with Crippen LogP contribution in [0, 0.1) is 10.1 Å². The third-order valence-corrected chi connectivity index (χ3v) is 3.63. The minimum absolute atomic E-state index is 0.00422. The fraction of sp³-hybridized carbons (Fsp3) is 0.125. The van der Waals surface area contributed by atoms with Crippen LogP contribution in [0.2, 0.25) is 5.02 Å². The molecule has 1 aliphatic rings. The molecule has 3 rings (SSSR count). The number of nitro benzene ring substituents is 1. The number of para-hydroxylation sites is 2. The molecule has 0 spiro atoms. The lowest BCUT2D eigenvalue weighted by atomic mass is 10.2. The van der Waals surface area contributed by atoms with Gasteiger partial charge in [-0.2, -0.15) is 5.10 Å². The molecule has 1 aliphatic heterocycles. The molecule has 0 radical (unpaired) electrons. The number of nitro groups is 1. The van der Waals surface area contributed by atoms with Crippen LogP contribution in [0.15, 0.2) is 41.5 Å². The van der Waals surface area contributed by atoms with Crippen LogP contribution in [0.4, 0.5) is 5.69 Å². The highest BCUT2D eigenvalue weighted by atomic mass is 35.5. The Labute approximate surface area is 152 Å². The van der Waals surface area contributed by atoms with Crippen LogP contribution in [-0.4, -0.2) is 30.4 Å². The van der Waals surface area contributed by atoms with E-state index in [9.17, 15) is 14.9 Å². The maximum absolute atomic E-state index is 11.8. The SMILES string of the molecule is O=C(COc1ccccc1[N+](=O)[O-])NN=Cc1cc2c(cc1Cl)OCO2. The Morgan fingerprint density at radius 1 is 1.35 bits per heavy atom. The first kappa shape index (κ1) is 17.5. The molecule has 0 aromatic heterocycles. The molecule has 2 aromatic carbocycles. The number of carbonyl (C=O) groups excluding carboxylic acids is 1. The molecule has 1 heterocycles. The lowest BCUT2D eigenvalue weighted by Crippen LogP contribution is -2.24. The number of nitrogens with one attached hydrogen (secondary N) is 1. The number of ether oxygens (including phenoxy) is 3. The molecule has 26 heavy (non-hydrogen) atoms. The molecular weight excluding hydrogens is 366 g/mol. The van der Waals surface area contributed by atoms with Crippen LogP contribution >= 0.6 is 11.6 Å². The number of nitrogens with zero attached hydrogens (tertiary/aromatic N) is 2. The summed E-state index contributed by atoms with van der Waals surface area (Å²) in [5.41, 5.74) is 2.55. The van der Waals surface area contributed by atoms with Crippen molar-refractivity contribution in [2.24, 2.45) is 5.10 Å². The third kappa shape index (κ3) is 4.01. The van der Waals surface area contributed by atoms with Crippen molar-refractivity contribution in [2.45, 2.75) is 0 Å². The first-order valence-corrected chi connectivity index (χ1v) is 7.69. The van der Waals surface area contributed by atoms with Gasteiger partial charge in [0.15, 0.2) is 23.9 Å². The first-order valence-electron chi connectivity index (χ1n) is 7.32. The highest BCUT2D eigenvalue weighted by molar-refractivity contribution is 6.33. The van der Waals surface area contributed by atoms with E-state index in [-0.39, 0.29) is 18.2 Å². The minimum Gasteiger partial charge on any atom is -0.477 e. The summed E-state index contributed by atoms with van der Waals surface area (Å²) in [7, 11) is 0. The van der Waals surface area contributed by atoms with Crippen LogP contribution < -0.4 is 19.6 Å². The maximum Gasteiger partial charge on any atom is 0.310 e. The summed E-state index contributed by atoms with van der Waals surface area (Å²) >= 11 is 6.08. The van der Waals surface area contributed by atoms with Gasteiger partial charge in [0.1, 0.15) is 0 Å². The minimum atomic E-state index is -0.590. The average molecular weight is 378 g/mol. The predicted octanol–water partition coefficient (Wildman–Crippen LogP) is 2.51. The van der Waals surface area contributed by atoms with Crippen molar-refractivity contribution >= 4 is 29.4 Å². The van der Waals surface area contributed by atoms with Gasteiger partial charge in [-0.1, -0.05) is 23.7 Å². The summed E-state index contributed by atoms with van der Waals surface area (Å²) in [5, 5.41) is 15.0. The average Bonchev–Trinajstić information content (AvgIpc) is 3.07. The lowest BCUT2D eigenvalue weighted by molar-refractivity contribution is -0.385. The van der Waals surface area contributed by atoms with E-state index in [4.69, 9.17) is 25.8 Å². The van der Waals surface area contributed by atoms with Crippen molar-refractivity contribution in [2.75, 3.05) is 13.4 Å². The van der Waals surface area contributed by atoms with E-state index in [1.807, 2.05) is 0 Å². The summed E-state index contributed by atoms with van der Waals surface area (Å²) < 4.78 is 15.6. The number of amides is 1. The molecule has 9 nitrogen and oxygen atoms in total. The second kappa shape index (κ2) is 7.70. The van der Waals surface area contributed by atoms with E-state index >= 15 is 0 Å². The first-order chi connectivity index (χ1) is 12.5.